The monoisotopic (exact) mass is 335 g/mol. The zero-order chi connectivity index (χ0) is 16.8. The topological polar surface area (TPSA) is 52.7 Å². The van der Waals surface area contributed by atoms with Crippen LogP contribution in [0.3, 0.4) is 0 Å². The van der Waals surface area contributed by atoms with Crippen molar-refractivity contribution in [1.29, 1.82) is 0 Å². The zero-order valence-electron chi connectivity index (χ0n) is 15.0. The molecule has 136 valence electrons. The van der Waals surface area contributed by atoms with Crippen LogP contribution in [0.2, 0.25) is 0 Å². The summed E-state index contributed by atoms with van der Waals surface area (Å²) >= 11 is 0. The molecule has 1 unspecified atom stereocenters. The number of carbonyl (C=O) groups is 2. The van der Waals surface area contributed by atoms with Crippen LogP contribution < -0.4 is 5.32 Å². The molecular formula is C19H33N3O2. The smallest absolute Gasteiger partial charge is 0.234 e. The predicted molar refractivity (Wildman–Crippen MR) is 94.6 cm³/mol. The number of hydrogen-bond acceptors (Lipinski definition) is 3. The molecule has 0 spiro atoms. The molecule has 2 amide bonds. The summed E-state index contributed by atoms with van der Waals surface area (Å²) in [5, 5.41) is 3.07. The molecule has 0 bridgehead atoms. The lowest BCUT2D eigenvalue weighted by Gasteiger charge is -2.34. The highest BCUT2D eigenvalue weighted by Crippen LogP contribution is 2.25. The van der Waals surface area contributed by atoms with Gasteiger partial charge in [-0.05, 0) is 51.0 Å². The highest BCUT2D eigenvalue weighted by molar-refractivity contribution is 5.80. The maximum absolute atomic E-state index is 12.8. The number of rotatable bonds is 5. The van der Waals surface area contributed by atoms with Crippen molar-refractivity contribution in [3.8, 4) is 0 Å². The molecule has 2 saturated heterocycles. The second kappa shape index (κ2) is 8.84. The van der Waals surface area contributed by atoms with Crippen LogP contribution in [0.1, 0.15) is 57.8 Å². The van der Waals surface area contributed by atoms with Gasteiger partial charge >= 0.3 is 0 Å². The molecule has 0 aromatic rings. The average molecular weight is 335 g/mol. The van der Waals surface area contributed by atoms with Crippen LogP contribution in [-0.2, 0) is 9.59 Å². The minimum absolute atomic E-state index is 0.0938. The van der Waals surface area contributed by atoms with Crippen molar-refractivity contribution in [3.05, 3.63) is 0 Å². The van der Waals surface area contributed by atoms with Crippen molar-refractivity contribution < 1.29 is 9.59 Å². The highest BCUT2D eigenvalue weighted by atomic mass is 16.2. The molecule has 1 aliphatic carbocycles. The first-order valence-electron chi connectivity index (χ1n) is 10.0. The van der Waals surface area contributed by atoms with E-state index in [1.165, 1.54) is 32.1 Å². The Morgan fingerprint density at radius 3 is 2.29 bits per heavy atom. The molecule has 1 N–H and O–H groups in total. The Morgan fingerprint density at radius 2 is 1.62 bits per heavy atom. The summed E-state index contributed by atoms with van der Waals surface area (Å²) in [6.07, 6.45) is 10.6. The molecule has 3 aliphatic rings. The molecule has 3 fully saturated rings. The van der Waals surface area contributed by atoms with Gasteiger partial charge in [0.2, 0.25) is 11.8 Å². The number of amides is 2. The van der Waals surface area contributed by atoms with Gasteiger partial charge in [0.15, 0.2) is 0 Å². The van der Waals surface area contributed by atoms with Crippen LogP contribution >= 0.6 is 0 Å². The van der Waals surface area contributed by atoms with E-state index in [0.29, 0.717) is 18.4 Å². The molecular weight excluding hydrogens is 302 g/mol. The van der Waals surface area contributed by atoms with Crippen LogP contribution in [0.4, 0.5) is 0 Å². The molecule has 2 heterocycles. The van der Waals surface area contributed by atoms with Crippen molar-refractivity contribution in [1.82, 2.24) is 15.1 Å². The van der Waals surface area contributed by atoms with Gasteiger partial charge in [-0.15, -0.1) is 0 Å². The number of carbonyl (C=O) groups excluding carboxylic acids is 2. The molecule has 3 rings (SSSR count). The Bertz CT molecular complexity index is 428. The fourth-order valence-corrected chi connectivity index (χ4v) is 4.16. The zero-order valence-corrected chi connectivity index (χ0v) is 15.0. The Morgan fingerprint density at radius 1 is 0.875 bits per heavy atom. The SMILES string of the molecule is O=C(CN1CCCC(C(=O)N2CCCCCC2)C1)NCC1CCC1. The van der Waals surface area contributed by atoms with Gasteiger partial charge in [-0.2, -0.15) is 0 Å². The standard InChI is InChI=1S/C19H33N3O2/c23-18(20-13-16-7-5-8-16)15-21-10-6-9-17(14-21)19(24)22-11-3-1-2-4-12-22/h16-17H,1-15H2,(H,20,23). The third-order valence-corrected chi connectivity index (χ3v) is 5.95. The maximum Gasteiger partial charge on any atom is 0.234 e. The third-order valence-electron chi connectivity index (χ3n) is 5.95. The number of hydrogen-bond donors (Lipinski definition) is 1. The predicted octanol–water partition coefficient (Wildman–Crippen LogP) is 2.02. The van der Waals surface area contributed by atoms with Crippen LogP contribution in [0.15, 0.2) is 0 Å². The van der Waals surface area contributed by atoms with Crippen molar-refractivity contribution >= 4 is 11.8 Å². The Kier molecular flexibility index (Phi) is 6.52. The van der Waals surface area contributed by atoms with E-state index in [9.17, 15) is 9.59 Å². The average Bonchev–Trinajstić information content (AvgIpc) is 2.82. The second-order valence-electron chi connectivity index (χ2n) is 7.91. The Balaban J connectivity index is 1.42. The normalized spacial score (nSPS) is 26.5. The third kappa shape index (κ3) is 4.95. The van der Waals surface area contributed by atoms with E-state index in [1.807, 2.05) is 0 Å². The summed E-state index contributed by atoms with van der Waals surface area (Å²) in [5.74, 6) is 1.25. The van der Waals surface area contributed by atoms with Crippen LogP contribution in [0, 0.1) is 11.8 Å². The van der Waals surface area contributed by atoms with E-state index in [1.54, 1.807) is 0 Å². The van der Waals surface area contributed by atoms with Crippen LogP contribution in [0.5, 0.6) is 0 Å². The van der Waals surface area contributed by atoms with E-state index in [-0.39, 0.29) is 11.8 Å². The number of piperidine rings is 1. The first-order chi connectivity index (χ1) is 11.7. The van der Waals surface area contributed by atoms with Gasteiger partial charge in [0.05, 0.1) is 12.5 Å². The van der Waals surface area contributed by atoms with Gasteiger partial charge < -0.3 is 10.2 Å². The molecule has 0 aromatic heterocycles. The van der Waals surface area contributed by atoms with E-state index in [0.717, 1.165) is 58.4 Å². The molecule has 1 saturated carbocycles. The first kappa shape index (κ1) is 17.7. The summed E-state index contributed by atoms with van der Waals surface area (Å²) in [6.45, 7) is 4.85. The molecule has 2 aliphatic heterocycles. The molecule has 0 radical (unpaired) electrons. The Hall–Kier alpha value is -1.10. The van der Waals surface area contributed by atoms with Crippen molar-refractivity contribution in [3.63, 3.8) is 0 Å². The summed E-state index contributed by atoms with van der Waals surface area (Å²) in [7, 11) is 0. The van der Waals surface area contributed by atoms with Gasteiger partial charge in [0, 0.05) is 26.2 Å². The fourth-order valence-electron chi connectivity index (χ4n) is 4.16. The van der Waals surface area contributed by atoms with E-state index in [4.69, 9.17) is 0 Å². The van der Waals surface area contributed by atoms with Gasteiger partial charge in [-0.25, -0.2) is 0 Å². The van der Waals surface area contributed by atoms with Crippen LogP contribution in [0.25, 0.3) is 0 Å². The number of nitrogens with zero attached hydrogens (tertiary/aromatic N) is 2. The van der Waals surface area contributed by atoms with Gasteiger partial charge in [-0.1, -0.05) is 19.3 Å². The molecule has 5 heteroatoms. The molecule has 0 aromatic carbocycles. The highest BCUT2D eigenvalue weighted by Gasteiger charge is 2.30. The lowest BCUT2D eigenvalue weighted by molar-refractivity contribution is -0.138. The van der Waals surface area contributed by atoms with E-state index < -0.39 is 0 Å². The Labute approximate surface area is 146 Å². The fraction of sp³-hybridized carbons (Fsp3) is 0.895. The summed E-state index contributed by atoms with van der Waals surface area (Å²) in [4.78, 5) is 29.2. The first-order valence-corrected chi connectivity index (χ1v) is 10.0. The van der Waals surface area contributed by atoms with Gasteiger partial charge in [-0.3, -0.25) is 14.5 Å². The lowest BCUT2D eigenvalue weighted by atomic mass is 9.85. The number of nitrogens with one attached hydrogen (secondary N) is 1. The minimum atomic E-state index is 0.0938. The summed E-state index contributed by atoms with van der Waals surface area (Å²) in [6, 6.07) is 0. The minimum Gasteiger partial charge on any atom is -0.355 e. The van der Waals surface area contributed by atoms with Gasteiger partial charge in [0.25, 0.3) is 0 Å². The number of likely N-dealkylation sites (tertiary alicyclic amines) is 2. The van der Waals surface area contributed by atoms with Gasteiger partial charge in [0.1, 0.15) is 0 Å². The summed E-state index contributed by atoms with van der Waals surface area (Å²) in [5.41, 5.74) is 0. The van der Waals surface area contributed by atoms with Crippen molar-refractivity contribution in [2.24, 2.45) is 11.8 Å². The summed E-state index contributed by atoms with van der Waals surface area (Å²) < 4.78 is 0. The van der Waals surface area contributed by atoms with Crippen molar-refractivity contribution in [2.45, 2.75) is 57.8 Å². The van der Waals surface area contributed by atoms with Crippen LogP contribution in [-0.4, -0.2) is 60.9 Å². The largest absolute Gasteiger partial charge is 0.355 e. The van der Waals surface area contributed by atoms with Crippen molar-refractivity contribution in [2.75, 3.05) is 39.3 Å². The molecule has 5 nitrogen and oxygen atoms in total. The quantitative estimate of drug-likeness (QED) is 0.836. The van der Waals surface area contributed by atoms with E-state index in [2.05, 4.69) is 15.1 Å². The molecule has 24 heavy (non-hydrogen) atoms. The maximum atomic E-state index is 12.8. The molecule has 1 atom stereocenters. The second-order valence-corrected chi connectivity index (χ2v) is 7.91. The van der Waals surface area contributed by atoms with E-state index >= 15 is 0 Å². The lowest BCUT2D eigenvalue weighted by Crippen LogP contribution is -2.48.